The normalized spacial score (nSPS) is 16.4. The van der Waals surface area contributed by atoms with Gasteiger partial charge in [0.15, 0.2) is 0 Å². The number of piperazine rings is 1. The predicted octanol–water partition coefficient (Wildman–Crippen LogP) is 4.94. The SMILES string of the molecule is CCn1cc(C(=O)OCCCCBr)c(=O)c2cc(F)c(N3CCN(C(=O)OC(C)(C)C)C(C)C3)cc21. The van der Waals surface area contributed by atoms with Gasteiger partial charge in [0.25, 0.3) is 0 Å². The van der Waals surface area contributed by atoms with Gasteiger partial charge < -0.3 is 23.8 Å². The number of hydrogen-bond donors (Lipinski definition) is 0. The maximum atomic E-state index is 15.3. The van der Waals surface area contributed by atoms with Crippen LogP contribution in [-0.4, -0.2) is 64.7 Å². The minimum atomic E-state index is -0.699. The molecular formula is C26H35BrFN3O5. The number of carbonyl (C=O) groups is 2. The summed E-state index contributed by atoms with van der Waals surface area (Å²) < 4.78 is 27.8. The fraction of sp³-hybridized carbons (Fsp3) is 0.577. The summed E-state index contributed by atoms with van der Waals surface area (Å²) in [6.45, 7) is 11.2. The second-order valence-corrected chi connectivity index (χ2v) is 10.8. The van der Waals surface area contributed by atoms with Gasteiger partial charge in [0.05, 0.1) is 17.8 Å². The predicted molar refractivity (Wildman–Crippen MR) is 142 cm³/mol. The van der Waals surface area contributed by atoms with Crippen LogP contribution >= 0.6 is 15.9 Å². The standard InChI is InChI=1S/C26H35BrFN3O5/c1-6-29-16-19(24(33)35-12-8-7-9-27)23(32)18-13-20(28)22(14-21(18)29)30-10-11-31(17(2)15-30)25(34)36-26(3,4)5/h13-14,16-17H,6-12,15H2,1-5H3. The van der Waals surface area contributed by atoms with Gasteiger partial charge in [-0.05, 0) is 59.6 Å². The number of nitrogens with zero attached hydrogens (tertiary/aromatic N) is 3. The average molecular weight is 568 g/mol. The molecule has 0 saturated carbocycles. The van der Waals surface area contributed by atoms with Crippen molar-refractivity contribution in [2.45, 2.75) is 65.6 Å². The molecule has 0 bridgehead atoms. The molecule has 1 unspecified atom stereocenters. The molecule has 198 valence electrons. The highest BCUT2D eigenvalue weighted by Gasteiger charge is 2.32. The molecule has 1 atom stereocenters. The maximum Gasteiger partial charge on any atom is 0.410 e. The topological polar surface area (TPSA) is 81.1 Å². The zero-order valence-electron chi connectivity index (χ0n) is 21.6. The molecule has 1 fully saturated rings. The first-order valence-electron chi connectivity index (χ1n) is 12.3. The van der Waals surface area contributed by atoms with E-state index in [0.29, 0.717) is 43.8 Å². The van der Waals surface area contributed by atoms with E-state index in [1.807, 2.05) is 39.5 Å². The van der Waals surface area contributed by atoms with Crippen LogP contribution in [0.4, 0.5) is 14.9 Å². The van der Waals surface area contributed by atoms with Crippen LogP contribution in [0.2, 0.25) is 0 Å². The molecule has 36 heavy (non-hydrogen) atoms. The second-order valence-electron chi connectivity index (χ2n) is 9.98. The number of halogens is 2. The summed E-state index contributed by atoms with van der Waals surface area (Å²) in [5.41, 5.74) is -0.355. The fourth-order valence-corrected chi connectivity index (χ4v) is 4.65. The van der Waals surface area contributed by atoms with E-state index in [0.717, 1.165) is 11.8 Å². The number of anilines is 1. The Balaban J connectivity index is 1.88. The van der Waals surface area contributed by atoms with Crippen LogP contribution < -0.4 is 10.3 Å². The van der Waals surface area contributed by atoms with Crippen molar-refractivity contribution in [3.63, 3.8) is 0 Å². The molecule has 2 aromatic rings. The number of aromatic nitrogens is 1. The average Bonchev–Trinajstić information content (AvgIpc) is 2.80. The Morgan fingerprint density at radius 2 is 1.92 bits per heavy atom. The quantitative estimate of drug-likeness (QED) is 0.268. The molecule has 1 aliphatic heterocycles. The lowest BCUT2D eigenvalue weighted by Crippen LogP contribution is -2.55. The summed E-state index contributed by atoms with van der Waals surface area (Å²) in [7, 11) is 0. The number of ether oxygens (including phenoxy) is 2. The molecule has 1 aliphatic rings. The summed E-state index contributed by atoms with van der Waals surface area (Å²) in [6.07, 6.45) is 2.63. The first-order valence-corrected chi connectivity index (χ1v) is 13.4. The zero-order valence-corrected chi connectivity index (χ0v) is 23.2. The number of aryl methyl sites for hydroxylation is 1. The smallest absolute Gasteiger partial charge is 0.410 e. The van der Waals surface area contributed by atoms with E-state index in [1.165, 1.54) is 12.3 Å². The maximum absolute atomic E-state index is 15.3. The highest BCUT2D eigenvalue weighted by molar-refractivity contribution is 9.09. The van der Waals surface area contributed by atoms with Crippen LogP contribution in [0.25, 0.3) is 10.9 Å². The molecule has 8 nitrogen and oxygen atoms in total. The Labute approximate surface area is 219 Å². The van der Waals surface area contributed by atoms with Gasteiger partial charge in [0, 0.05) is 49.1 Å². The zero-order chi connectivity index (χ0) is 26.6. The van der Waals surface area contributed by atoms with E-state index in [4.69, 9.17) is 9.47 Å². The number of amides is 1. The summed E-state index contributed by atoms with van der Waals surface area (Å²) >= 11 is 3.33. The molecule has 1 saturated heterocycles. The molecule has 0 aliphatic carbocycles. The Morgan fingerprint density at radius 3 is 2.53 bits per heavy atom. The molecule has 1 amide bonds. The number of alkyl halides is 1. The van der Waals surface area contributed by atoms with Gasteiger partial charge in [-0.3, -0.25) is 4.79 Å². The summed E-state index contributed by atoms with van der Waals surface area (Å²) in [6, 6.07) is 2.65. The lowest BCUT2D eigenvalue weighted by Gasteiger charge is -2.41. The third kappa shape index (κ3) is 6.38. The van der Waals surface area contributed by atoms with Crippen LogP contribution in [0.3, 0.4) is 0 Å². The molecule has 1 aromatic carbocycles. The first kappa shape index (κ1) is 28.0. The number of rotatable bonds is 7. The number of carbonyl (C=O) groups excluding carboxylic acids is 2. The molecule has 10 heteroatoms. The molecule has 0 radical (unpaired) electrons. The highest BCUT2D eigenvalue weighted by Crippen LogP contribution is 2.28. The van der Waals surface area contributed by atoms with Crippen LogP contribution in [0, 0.1) is 5.82 Å². The lowest BCUT2D eigenvalue weighted by molar-refractivity contribution is 0.0158. The van der Waals surface area contributed by atoms with Crippen molar-refractivity contribution in [2.24, 2.45) is 0 Å². The number of benzene rings is 1. The summed E-state index contributed by atoms with van der Waals surface area (Å²) in [5, 5.41) is 0.938. The van der Waals surface area contributed by atoms with E-state index in [2.05, 4.69) is 15.9 Å². The second kappa shape index (κ2) is 11.6. The number of fused-ring (bicyclic) bond motifs is 1. The molecule has 3 rings (SSSR count). The summed E-state index contributed by atoms with van der Waals surface area (Å²) in [4.78, 5) is 41.7. The van der Waals surface area contributed by atoms with Gasteiger partial charge in [-0.25, -0.2) is 14.0 Å². The van der Waals surface area contributed by atoms with E-state index >= 15 is 4.39 Å². The third-order valence-electron chi connectivity index (χ3n) is 6.07. The van der Waals surface area contributed by atoms with Crippen molar-refractivity contribution in [1.29, 1.82) is 0 Å². The molecule has 1 aromatic heterocycles. The minimum absolute atomic E-state index is 0.102. The van der Waals surface area contributed by atoms with Crippen molar-refractivity contribution in [3.05, 3.63) is 39.9 Å². The Hall–Kier alpha value is -2.62. The largest absolute Gasteiger partial charge is 0.462 e. The van der Waals surface area contributed by atoms with Crippen LogP contribution in [0.15, 0.2) is 23.1 Å². The number of pyridine rings is 1. The molecule has 2 heterocycles. The Morgan fingerprint density at radius 1 is 1.19 bits per heavy atom. The van der Waals surface area contributed by atoms with E-state index in [-0.39, 0.29) is 29.7 Å². The van der Waals surface area contributed by atoms with Crippen LogP contribution in [0.5, 0.6) is 0 Å². The molecule has 0 N–H and O–H groups in total. The van der Waals surface area contributed by atoms with Crippen molar-refractivity contribution >= 4 is 44.6 Å². The van der Waals surface area contributed by atoms with Gasteiger partial charge in [-0.2, -0.15) is 0 Å². The fourth-order valence-electron chi connectivity index (χ4n) is 4.26. The molecule has 0 spiro atoms. The van der Waals surface area contributed by atoms with E-state index < -0.39 is 22.8 Å². The van der Waals surface area contributed by atoms with Crippen molar-refractivity contribution < 1.29 is 23.5 Å². The van der Waals surface area contributed by atoms with Gasteiger partial charge in [0.1, 0.15) is 17.0 Å². The number of hydrogen-bond acceptors (Lipinski definition) is 6. The monoisotopic (exact) mass is 567 g/mol. The van der Waals surface area contributed by atoms with Crippen LogP contribution in [-0.2, 0) is 16.0 Å². The highest BCUT2D eigenvalue weighted by atomic mass is 79.9. The third-order valence-corrected chi connectivity index (χ3v) is 6.63. The van der Waals surface area contributed by atoms with Gasteiger partial charge in [-0.15, -0.1) is 0 Å². The van der Waals surface area contributed by atoms with E-state index in [9.17, 15) is 14.4 Å². The minimum Gasteiger partial charge on any atom is -0.462 e. The van der Waals surface area contributed by atoms with Crippen molar-refractivity contribution in [2.75, 3.05) is 36.5 Å². The van der Waals surface area contributed by atoms with Gasteiger partial charge >= 0.3 is 12.1 Å². The van der Waals surface area contributed by atoms with Crippen molar-refractivity contribution in [3.8, 4) is 0 Å². The summed E-state index contributed by atoms with van der Waals surface area (Å²) in [5.74, 6) is -1.25. The van der Waals surface area contributed by atoms with E-state index in [1.54, 1.807) is 15.5 Å². The van der Waals surface area contributed by atoms with Crippen molar-refractivity contribution in [1.82, 2.24) is 9.47 Å². The Bertz CT molecular complexity index is 1180. The van der Waals surface area contributed by atoms with Crippen LogP contribution in [0.1, 0.15) is 57.8 Å². The lowest BCUT2D eigenvalue weighted by atomic mass is 10.1. The first-order chi connectivity index (χ1) is 17.0. The Kier molecular flexibility index (Phi) is 9.03. The molecular weight excluding hydrogens is 533 g/mol. The van der Waals surface area contributed by atoms with Gasteiger partial charge in [0.2, 0.25) is 5.43 Å². The number of esters is 1. The number of unbranched alkanes of at least 4 members (excludes halogenated alkanes) is 1. The van der Waals surface area contributed by atoms with Gasteiger partial charge in [-0.1, -0.05) is 15.9 Å².